The molecule has 0 unspecified atom stereocenters. The van der Waals surface area contributed by atoms with Crippen LogP contribution in [0.15, 0.2) is 49.1 Å². The van der Waals surface area contributed by atoms with Crippen molar-refractivity contribution in [2.75, 3.05) is 0 Å². The first-order valence-corrected chi connectivity index (χ1v) is 7.16. The lowest BCUT2D eigenvalue weighted by Gasteiger charge is -2.29. The molecule has 1 aliphatic carbocycles. The van der Waals surface area contributed by atoms with Crippen molar-refractivity contribution in [1.82, 2.24) is 14.9 Å². The summed E-state index contributed by atoms with van der Waals surface area (Å²) in [4.78, 5) is 15.8. The Bertz CT molecular complexity index is 542. The topological polar surface area (TPSA) is 46.9 Å². The van der Waals surface area contributed by atoms with E-state index >= 15 is 0 Å². The molecule has 0 spiro atoms. The Kier molecular flexibility index (Phi) is 3.81. The molecule has 1 aromatic carbocycles. The number of rotatable bonds is 2. The second-order valence-corrected chi connectivity index (χ2v) is 5.38. The van der Waals surface area contributed by atoms with Gasteiger partial charge in [-0.3, -0.25) is 4.57 Å². The van der Waals surface area contributed by atoms with Gasteiger partial charge < -0.3 is 5.32 Å². The molecule has 1 aliphatic rings. The van der Waals surface area contributed by atoms with Crippen molar-refractivity contribution in [3.05, 3.63) is 54.6 Å². The lowest BCUT2D eigenvalue weighted by atomic mass is 9.82. The third-order valence-electron chi connectivity index (χ3n) is 4.06. The SMILES string of the molecule is O=C(NC1CCC(c2ccccc2)CC1)n1ccnc1. The molecule has 0 bridgehead atoms. The summed E-state index contributed by atoms with van der Waals surface area (Å²) in [6, 6.07) is 10.9. The maximum absolute atomic E-state index is 11.9. The molecule has 1 aromatic heterocycles. The van der Waals surface area contributed by atoms with E-state index in [9.17, 15) is 4.79 Å². The third kappa shape index (κ3) is 2.90. The zero-order valence-corrected chi connectivity index (χ0v) is 11.4. The third-order valence-corrected chi connectivity index (χ3v) is 4.06. The van der Waals surface area contributed by atoms with Crippen molar-refractivity contribution in [3.63, 3.8) is 0 Å². The van der Waals surface area contributed by atoms with Gasteiger partial charge in [0.25, 0.3) is 0 Å². The molecule has 0 atom stereocenters. The highest BCUT2D eigenvalue weighted by Gasteiger charge is 2.23. The van der Waals surface area contributed by atoms with Crippen LogP contribution in [0, 0.1) is 0 Å². The van der Waals surface area contributed by atoms with Crippen molar-refractivity contribution in [1.29, 1.82) is 0 Å². The van der Waals surface area contributed by atoms with Crippen LogP contribution in [-0.4, -0.2) is 21.6 Å². The molecule has 3 rings (SSSR count). The number of amides is 1. The highest BCUT2D eigenvalue weighted by molar-refractivity contribution is 5.76. The normalized spacial score (nSPS) is 22.4. The maximum Gasteiger partial charge on any atom is 0.327 e. The Balaban J connectivity index is 1.53. The smallest absolute Gasteiger partial charge is 0.327 e. The summed E-state index contributed by atoms with van der Waals surface area (Å²) in [6.45, 7) is 0. The molecule has 104 valence electrons. The van der Waals surface area contributed by atoms with Crippen LogP contribution in [0.1, 0.15) is 37.2 Å². The zero-order valence-electron chi connectivity index (χ0n) is 11.4. The summed E-state index contributed by atoms with van der Waals surface area (Å²) in [5.74, 6) is 0.637. The standard InChI is InChI=1S/C16H19N3O/c20-16(19-11-10-17-12-19)18-15-8-6-14(7-9-15)13-4-2-1-3-5-13/h1-5,10-12,14-15H,6-9H2,(H,18,20). The van der Waals surface area contributed by atoms with E-state index in [1.54, 1.807) is 12.4 Å². The van der Waals surface area contributed by atoms with Crippen molar-refractivity contribution < 1.29 is 4.79 Å². The average molecular weight is 269 g/mol. The Morgan fingerprint density at radius 1 is 1.15 bits per heavy atom. The van der Waals surface area contributed by atoms with Gasteiger partial charge in [-0.1, -0.05) is 30.3 Å². The highest BCUT2D eigenvalue weighted by atomic mass is 16.2. The number of benzene rings is 1. The quantitative estimate of drug-likeness (QED) is 0.910. The summed E-state index contributed by atoms with van der Waals surface area (Å²) in [6.07, 6.45) is 9.18. The summed E-state index contributed by atoms with van der Waals surface area (Å²) >= 11 is 0. The molecule has 1 amide bonds. The van der Waals surface area contributed by atoms with E-state index < -0.39 is 0 Å². The molecule has 1 saturated carbocycles. The monoisotopic (exact) mass is 269 g/mol. The summed E-state index contributed by atoms with van der Waals surface area (Å²) in [5.41, 5.74) is 1.42. The van der Waals surface area contributed by atoms with Crippen LogP contribution in [-0.2, 0) is 0 Å². The first kappa shape index (κ1) is 12.9. The molecule has 1 heterocycles. The van der Waals surface area contributed by atoms with E-state index in [-0.39, 0.29) is 12.1 Å². The fraction of sp³-hybridized carbons (Fsp3) is 0.375. The maximum atomic E-state index is 11.9. The molecule has 1 N–H and O–H groups in total. The molecule has 4 nitrogen and oxygen atoms in total. The van der Waals surface area contributed by atoms with Crippen LogP contribution in [0.25, 0.3) is 0 Å². The van der Waals surface area contributed by atoms with Gasteiger partial charge in [-0.05, 0) is 37.2 Å². The van der Waals surface area contributed by atoms with E-state index in [0.29, 0.717) is 5.92 Å². The van der Waals surface area contributed by atoms with Crippen molar-refractivity contribution in [2.45, 2.75) is 37.6 Å². The largest absolute Gasteiger partial charge is 0.335 e. The van der Waals surface area contributed by atoms with E-state index in [1.165, 1.54) is 16.5 Å². The molecule has 0 radical (unpaired) electrons. The Morgan fingerprint density at radius 2 is 1.90 bits per heavy atom. The number of carbonyl (C=O) groups is 1. The Morgan fingerprint density at radius 3 is 2.55 bits per heavy atom. The number of nitrogens with one attached hydrogen (secondary N) is 1. The molecular formula is C16H19N3O. The summed E-state index contributed by atoms with van der Waals surface area (Å²) < 4.78 is 1.49. The van der Waals surface area contributed by atoms with E-state index in [1.807, 2.05) is 0 Å². The number of carbonyl (C=O) groups excluding carboxylic acids is 1. The molecule has 2 aromatic rings. The van der Waals surface area contributed by atoms with Crippen LogP contribution in [0.5, 0.6) is 0 Å². The number of hydrogen-bond donors (Lipinski definition) is 1. The highest BCUT2D eigenvalue weighted by Crippen LogP contribution is 2.32. The fourth-order valence-electron chi connectivity index (χ4n) is 2.92. The summed E-state index contributed by atoms with van der Waals surface area (Å²) in [5, 5.41) is 3.08. The van der Waals surface area contributed by atoms with Gasteiger partial charge in [0.15, 0.2) is 0 Å². The second-order valence-electron chi connectivity index (χ2n) is 5.38. The van der Waals surface area contributed by atoms with Crippen LogP contribution < -0.4 is 5.32 Å². The molecule has 0 aliphatic heterocycles. The lowest BCUT2D eigenvalue weighted by Crippen LogP contribution is -2.39. The number of hydrogen-bond acceptors (Lipinski definition) is 2. The first-order valence-electron chi connectivity index (χ1n) is 7.16. The van der Waals surface area contributed by atoms with E-state index in [2.05, 4.69) is 40.6 Å². The molecule has 0 saturated heterocycles. The van der Waals surface area contributed by atoms with Crippen molar-refractivity contribution in [2.24, 2.45) is 0 Å². The minimum Gasteiger partial charge on any atom is -0.335 e. The number of aromatic nitrogens is 2. The summed E-state index contributed by atoms with van der Waals surface area (Å²) in [7, 11) is 0. The molecule has 4 heteroatoms. The predicted molar refractivity (Wildman–Crippen MR) is 77.6 cm³/mol. The zero-order chi connectivity index (χ0) is 13.8. The predicted octanol–water partition coefficient (Wildman–Crippen LogP) is 3.17. The van der Waals surface area contributed by atoms with Gasteiger partial charge >= 0.3 is 6.03 Å². The van der Waals surface area contributed by atoms with Gasteiger partial charge in [0, 0.05) is 18.4 Å². The van der Waals surface area contributed by atoms with Crippen molar-refractivity contribution >= 4 is 6.03 Å². The molecular weight excluding hydrogens is 250 g/mol. The van der Waals surface area contributed by atoms with Gasteiger partial charge in [0.1, 0.15) is 6.33 Å². The van der Waals surface area contributed by atoms with Gasteiger partial charge in [-0.2, -0.15) is 0 Å². The van der Waals surface area contributed by atoms with Gasteiger partial charge in [-0.25, -0.2) is 9.78 Å². The van der Waals surface area contributed by atoms with Crippen LogP contribution in [0.2, 0.25) is 0 Å². The van der Waals surface area contributed by atoms with Gasteiger partial charge in [-0.15, -0.1) is 0 Å². The Labute approximate surface area is 118 Å². The fourth-order valence-corrected chi connectivity index (χ4v) is 2.92. The molecule has 1 fully saturated rings. The van der Waals surface area contributed by atoms with Gasteiger partial charge in [0.2, 0.25) is 0 Å². The number of nitrogens with zero attached hydrogens (tertiary/aromatic N) is 2. The average Bonchev–Trinajstić information content (AvgIpc) is 3.03. The lowest BCUT2D eigenvalue weighted by molar-refractivity contribution is 0.232. The minimum atomic E-state index is -0.0781. The Hall–Kier alpha value is -2.10. The van der Waals surface area contributed by atoms with E-state index in [0.717, 1.165) is 25.7 Å². The van der Waals surface area contributed by atoms with Crippen LogP contribution in [0.3, 0.4) is 0 Å². The number of imidazole rings is 1. The van der Waals surface area contributed by atoms with Crippen LogP contribution >= 0.6 is 0 Å². The van der Waals surface area contributed by atoms with Crippen molar-refractivity contribution in [3.8, 4) is 0 Å². The molecule has 20 heavy (non-hydrogen) atoms. The second kappa shape index (κ2) is 5.90. The minimum absolute atomic E-state index is 0.0781. The van der Waals surface area contributed by atoms with Crippen LogP contribution in [0.4, 0.5) is 4.79 Å². The van der Waals surface area contributed by atoms with Gasteiger partial charge in [0.05, 0.1) is 0 Å². The first-order chi connectivity index (χ1) is 9.83. The van der Waals surface area contributed by atoms with E-state index in [4.69, 9.17) is 0 Å².